The van der Waals surface area contributed by atoms with E-state index in [-0.39, 0.29) is 30.9 Å². The van der Waals surface area contributed by atoms with Crippen LogP contribution in [0.2, 0.25) is 0 Å². The monoisotopic (exact) mass is 498 g/mol. The van der Waals surface area contributed by atoms with Crippen molar-refractivity contribution in [3.8, 4) is 0 Å². The summed E-state index contributed by atoms with van der Waals surface area (Å²) in [5.74, 6) is 0.197. The van der Waals surface area contributed by atoms with Crippen LogP contribution in [0.25, 0.3) is 0 Å². The molecule has 2 fully saturated rings. The van der Waals surface area contributed by atoms with Crippen LogP contribution in [-0.2, 0) is 9.59 Å². The fourth-order valence-corrected chi connectivity index (χ4v) is 5.52. The van der Waals surface area contributed by atoms with E-state index in [1.54, 1.807) is 19.1 Å². The van der Waals surface area contributed by atoms with Crippen LogP contribution in [0, 0.1) is 24.1 Å². The zero-order valence-corrected chi connectivity index (χ0v) is 21.9. The minimum atomic E-state index is -0.915. The van der Waals surface area contributed by atoms with Gasteiger partial charge < -0.3 is 14.9 Å². The fourth-order valence-electron chi connectivity index (χ4n) is 5.52. The van der Waals surface area contributed by atoms with Crippen molar-refractivity contribution in [1.82, 2.24) is 5.16 Å². The molecule has 1 aromatic heterocycles. The molecule has 1 aromatic carbocycles. The lowest BCUT2D eigenvalue weighted by Crippen LogP contribution is -2.27. The number of nitrogens with one attached hydrogen (secondary N) is 1. The van der Waals surface area contributed by atoms with Crippen molar-refractivity contribution in [1.29, 1.82) is 0 Å². The fraction of sp³-hybridized carbons (Fsp3) is 0.621. The smallest absolute Gasteiger partial charge is 0.303 e. The van der Waals surface area contributed by atoms with E-state index in [0.717, 1.165) is 54.7 Å². The number of amides is 1. The molecule has 36 heavy (non-hydrogen) atoms. The van der Waals surface area contributed by atoms with Gasteiger partial charge in [0.25, 0.3) is 0 Å². The Morgan fingerprint density at radius 2 is 1.97 bits per heavy atom. The molecule has 196 valence electrons. The quantitative estimate of drug-likeness (QED) is 0.320. The minimum absolute atomic E-state index is 0.0320. The number of carbonyl (C=O) groups excluding carboxylic acids is 1. The SMILES string of the molecule is CCC(C)(C)CC1CC(c2onc([C@@H](CCC(=O)O)CC(=O)Nc3ccc(C)cc3F)c2C2CC2)C1. The molecular weight excluding hydrogens is 459 g/mol. The standard InChI is InChI=1S/C29H39FN2O4/c1-5-29(3,4)16-18-13-21(14-18)28-26(19-7-8-19)27(32-36-28)20(9-11-25(34)35)15-24(33)31-23-10-6-17(2)12-22(23)30/h6,10,12,18-21H,5,7-9,11,13-16H2,1-4H3,(H,31,33)(H,34,35)/t18?,20-,21?/m0/s1. The number of rotatable bonds is 12. The molecule has 2 aliphatic rings. The summed E-state index contributed by atoms with van der Waals surface area (Å²) in [6, 6.07) is 4.66. The number of carbonyl (C=O) groups is 2. The lowest BCUT2D eigenvalue weighted by Gasteiger charge is -2.39. The Labute approximate surface area is 213 Å². The average Bonchev–Trinajstić information content (AvgIpc) is 3.54. The van der Waals surface area contributed by atoms with Gasteiger partial charge in [-0.1, -0.05) is 38.4 Å². The summed E-state index contributed by atoms with van der Waals surface area (Å²) in [4.78, 5) is 24.3. The van der Waals surface area contributed by atoms with Gasteiger partial charge in [0.15, 0.2) is 0 Å². The molecule has 2 saturated carbocycles. The summed E-state index contributed by atoms with van der Waals surface area (Å²) in [5.41, 5.74) is 3.07. The van der Waals surface area contributed by atoms with Crippen LogP contribution in [0.3, 0.4) is 0 Å². The number of carboxylic acid groups (broad SMARTS) is 1. The molecular formula is C29H39FN2O4. The third-order valence-corrected chi connectivity index (χ3v) is 8.10. The summed E-state index contributed by atoms with van der Waals surface area (Å²) in [5, 5.41) is 16.4. The van der Waals surface area contributed by atoms with E-state index in [4.69, 9.17) is 4.52 Å². The second-order valence-corrected chi connectivity index (χ2v) is 11.7. The molecule has 6 nitrogen and oxygen atoms in total. The Balaban J connectivity index is 1.50. The van der Waals surface area contributed by atoms with Crippen molar-refractivity contribution < 1.29 is 23.6 Å². The zero-order chi connectivity index (χ0) is 26.0. The first kappa shape index (κ1) is 26.4. The highest BCUT2D eigenvalue weighted by atomic mass is 19.1. The zero-order valence-electron chi connectivity index (χ0n) is 21.9. The van der Waals surface area contributed by atoms with Gasteiger partial charge in [0, 0.05) is 30.2 Å². The maximum absolute atomic E-state index is 14.3. The van der Waals surface area contributed by atoms with Crippen LogP contribution in [0.15, 0.2) is 22.7 Å². The van der Waals surface area contributed by atoms with Gasteiger partial charge in [-0.3, -0.25) is 9.59 Å². The number of aliphatic carboxylic acids is 1. The van der Waals surface area contributed by atoms with E-state index in [1.165, 1.54) is 12.5 Å². The number of carboxylic acids is 1. The van der Waals surface area contributed by atoms with Crippen LogP contribution in [0.5, 0.6) is 0 Å². The molecule has 1 heterocycles. The molecule has 0 radical (unpaired) electrons. The first-order valence-corrected chi connectivity index (χ1v) is 13.3. The first-order chi connectivity index (χ1) is 17.1. The molecule has 1 amide bonds. The lowest BCUT2D eigenvalue weighted by atomic mass is 9.66. The summed E-state index contributed by atoms with van der Waals surface area (Å²) in [6.07, 6.45) is 6.91. The van der Waals surface area contributed by atoms with Gasteiger partial charge in [-0.2, -0.15) is 0 Å². The number of aryl methyl sites for hydroxylation is 1. The third-order valence-electron chi connectivity index (χ3n) is 8.10. The molecule has 7 heteroatoms. The molecule has 0 bridgehead atoms. The normalized spacial score (nSPS) is 20.6. The van der Waals surface area contributed by atoms with Crippen LogP contribution >= 0.6 is 0 Å². The van der Waals surface area contributed by atoms with Crippen molar-refractivity contribution in [2.24, 2.45) is 11.3 Å². The van der Waals surface area contributed by atoms with Crippen molar-refractivity contribution in [3.05, 3.63) is 46.6 Å². The summed E-state index contributed by atoms with van der Waals surface area (Å²) in [6.45, 7) is 8.67. The van der Waals surface area contributed by atoms with Crippen molar-refractivity contribution in [2.75, 3.05) is 5.32 Å². The Bertz CT molecular complexity index is 1100. The van der Waals surface area contributed by atoms with E-state index in [0.29, 0.717) is 23.2 Å². The van der Waals surface area contributed by atoms with E-state index >= 15 is 0 Å². The van der Waals surface area contributed by atoms with Crippen molar-refractivity contribution in [3.63, 3.8) is 0 Å². The predicted molar refractivity (Wildman–Crippen MR) is 137 cm³/mol. The maximum atomic E-state index is 14.3. The molecule has 2 aromatic rings. The molecule has 0 aliphatic heterocycles. The maximum Gasteiger partial charge on any atom is 0.303 e. The topological polar surface area (TPSA) is 92.4 Å². The number of anilines is 1. The van der Waals surface area contributed by atoms with Gasteiger partial charge in [0.05, 0.1) is 11.4 Å². The van der Waals surface area contributed by atoms with Gasteiger partial charge in [-0.25, -0.2) is 4.39 Å². The second kappa shape index (κ2) is 10.7. The highest BCUT2D eigenvalue weighted by Gasteiger charge is 2.42. The lowest BCUT2D eigenvalue weighted by molar-refractivity contribution is -0.137. The van der Waals surface area contributed by atoms with Crippen LogP contribution in [-0.4, -0.2) is 22.1 Å². The number of hydrogen-bond acceptors (Lipinski definition) is 4. The molecule has 0 spiro atoms. The van der Waals surface area contributed by atoms with Gasteiger partial charge >= 0.3 is 5.97 Å². The number of aromatic nitrogens is 1. The molecule has 0 saturated heterocycles. The van der Waals surface area contributed by atoms with Crippen LogP contribution in [0.1, 0.15) is 119 Å². The largest absolute Gasteiger partial charge is 0.481 e. The Kier molecular flexibility index (Phi) is 7.86. The van der Waals surface area contributed by atoms with Crippen molar-refractivity contribution in [2.45, 2.75) is 103 Å². The van der Waals surface area contributed by atoms with E-state index in [2.05, 4.69) is 31.2 Å². The highest BCUT2D eigenvalue weighted by molar-refractivity contribution is 5.91. The number of halogens is 1. The number of hydrogen-bond donors (Lipinski definition) is 2. The molecule has 2 N–H and O–H groups in total. The predicted octanol–water partition coefficient (Wildman–Crippen LogP) is 7.30. The average molecular weight is 499 g/mol. The molecule has 2 aliphatic carbocycles. The Hall–Kier alpha value is -2.70. The second-order valence-electron chi connectivity index (χ2n) is 11.7. The minimum Gasteiger partial charge on any atom is -0.481 e. The summed E-state index contributed by atoms with van der Waals surface area (Å²) < 4.78 is 20.2. The number of nitrogens with zero attached hydrogens (tertiary/aromatic N) is 1. The highest BCUT2D eigenvalue weighted by Crippen LogP contribution is 2.53. The van der Waals surface area contributed by atoms with E-state index < -0.39 is 17.7 Å². The van der Waals surface area contributed by atoms with Crippen LogP contribution in [0.4, 0.5) is 10.1 Å². The number of benzene rings is 1. The van der Waals surface area contributed by atoms with E-state index in [1.807, 2.05) is 0 Å². The van der Waals surface area contributed by atoms with E-state index in [9.17, 15) is 19.1 Å². The molecule has 0 unspecified atom stereocenters. The van der Waals surface area contributed by atoms with Gasteiger partial charge in [0.1, 0.15) is 11.6 Å². The molecule has 4 rings (SSSR count). The van der Waals surface area contributed by atoms with Crippen molar-refractivity contribution >= 4 is 17.6 Å². The third kappa shape index (κ3) is 6.34. The molecule has 1 atom stereocenters. The first-order valence-electron chi connectivity index (χ1n) is 13.3. The Morgan fingerprint density at radius 3 is 2.58 bits per heavy atom. The van der Waals surface area contributed by atoms with Gasteiger partial charge in [0.2, 0.25) is 5.91 Å². The van der Waals surface area contributed by atoms with Crippen LogP contribution < -0.4 is 5.32 Å². The Morgan fingerprint density at radius 1 is 1.25 bits per heavy atom. The summed E-state index contributed by atoms with van der Waals surface area (Å²) >= 11 is 0. The van der Waals surface area contributed by atoms with Gasteiger partial charge in [-0.05, 0) is 80.4 Å². The summed E-state index contributed by atoms with van der Waals surface area (Å²) in [7, 11) is 0. The van der Waals surface area contributed by atoms with Gasteiger partial charge in [-0.15, -0.1) is 0 Å².